The highest BCUT2D eigenvalue weighted by molar-refractivity contribution is 5.94. The van der Waals surface area contributed by atoms with Gasteiger partial charge in [0, 0.05) is 11.9 Å². The van der Waals surface area contributed by atoms with Crippen LogP contribution in [0.15, 0.2) is 36.4 Å². The lowest BCUT2D eigenvalue weighted by atomic mass is 10.0. The van der Waals surface area contributed by atoms with E-state index in [1.807, 2.05) is 30.3 Å². The minimum atomic E-state index is -0.774. The molecule has 1 aromatic heterocycles. The van der Waals surface area contributed by atoms with Crippen LogP contribution in [0, 0.1) is 5.92 Å². The van der Waals surface area contributed by atoms with Crippen LogP contribution in [0.25, 0.3) is 10.9 Å². The molecule has 5 heteroatoms. The molecule has 116 valence electrons. The number of carboxylic acids is 1. The van der Waals surface area contributed by atoms with Gasteiger partial charge in [-0.2, -0.15) is 0 Å². The van der Waals surface area contributed by atoms with E-state index in [1.165, 1.54) is 0 Å². The molecule has 0 spiro atoms. The number of carbonyl (C=O) groups is 2. The highest BCUT2D eigenvalue weighted by Crippen LogP contribution is 2.12. The largest absolute Gasteiger partial charge is 0.481 e. The number of hydrogen-bond acceptors (Lipinski definition) is 3. The molecular formula is C17H20N2O3. The van der Waals surface area contributed by atoms with E-state index in [1.54, 1.807) is 13.0 Å². The standard InChI is InChI=1S/C17H20N2O3/c1-12(17(21)22)6-4-5-11-18-16(20)15-10-9-13-7-2-3-8-14(13)19-15/h2-3,7-10,12H,4-6,11H2,1H3,(H,18,20)(H,21,22)/t12-/m0/s1. The van der Waals surface area contributed by atoms with E-state index >= 15 is 0 Å². The molecule has 1 amide bonds. The van der Waals surface area contributed by atoms with Crippen molar-refractivity contribution in [1.29, 1.82) is 0 Å². The summed E-state index contributed by atoms with van der Waals surface area (Å²) in [5.41, 5.74) is 1.20. The lowest BCUT2D eigenvalue weighted by Crippen LogP contribution is -2.25. The molecule has 1 aromatic carbocycles. The van der Waals surface area contributed by atoms with Crippen molar-refractivity contribution in [2.24, 2.45) is 5.92 Å². The zero-order chi connectivity index (χ0) is 15.9. The van der Waals surface area contributed by atoms with Gasteiger partial charge in [-0.25, -0.2) is 4.98 Å². The predicted molar refractivity (Wildman–Crippen MR) is 84.7 cm³/mol. The van der Waals surface area contributed by atoms with E-state index in [4.69, 9.17) is 5.11 Å². The topological polar surface area (TPSA) is 79.3 Å². The van der Waals surface area contributed by atoms with Crippen molar-refractivity contribution in [2.45, 2.75) is 26.2 Å². The number of hydrogen-bond donors (Lipinski definition) is 2. The molecule has 2 aromatic rings. The molecular weight excluding hydrogens is 280 g/mol. The Hall–Kier alpha value is -2.43. The lowest BCUT2D eigenvalue weighted by molar-refractivity contribution is -0.141. The molecule has 2 rings (SSSR count). The maximum absolute atomic E-state index is 12.0. The van der Waals surface area contributed by atoms with Gasteiger partial charge in [0.25, 0.3) is 5.91 Å². The number of nitrogens with zero attached hydrogens (tertiary/aromatic N) is 1. The highest BCUT2D eigenvalue weighted by atomic mass is 16.4. The fraction of sp³-hybridized carbons (Fsp3) is 0.353. The predicted octanol–water partition coefficient (Wildman–Crippen LogP) is 2.86. The number of fused-ring (bicyclic) bond motifs is 1. The van der Waals surface area contributed by atoms with Crippen molar-refractivity contribution in [2.75, 3.05) is 6.54 Å². The summed E-state index contributed by atoms with van der Waals surface area (Å²) in [6.45, 7) is 2.22. The first kappa shape index (κ1) is 15.9. The molecule has 0 saturated carbocycles. The van der Waals surface area contributed by atoms with Crippen LogP contribution in [0.1, 0.15) is 36.7 Å². The summed E-state index contributed by atoms with van der Waals surface area (Å²) in [7, 11) is 0. The average Bonchev–Trinajstić information content (AvgIpc) is 2.53. The maximum Gasteiger partial charge on any atom is 0.306 e. The Morgan fingerprint density at radius 3 is 2.73 bits per heavy atom. The Morgan fingerprint density at radius 1 is 1.18 bits per heavy atom. The van der Waals surface area contributed by atoms with Gasteiger partial charge in [0.1, 0.15) is 5.69 Å². The number of aromatic nitrogens is 1. The minimum Gasteiger partial charge on any atom is -0.481 e. The van der Waals surface area contributed by atoms with Crippen LogP contribution in [0.4, 0.5) is 0 Å². The molecule has 1 atom stereocenters. The third-order valence-corrected chi connectivity index (χ3v) is 3.60. The number of pyridine rings is 1. The minimum absolute atomic E-state index is 0.197. The molecule has 0 bridgehead atoms. The second-order valence-electron chi connectivity index (χ2n) is 5.38. The first-order valence-electron chi connectivity index (χ1n) is 7.44. The van der Waals surface area contributed by atoms with Gasteiger partial charge in [0.05, 0.1) is 11.4 Å². The summed E-state index contributed by atoms with van der Waals surface area (Å²) in [6, 6.07) is 11.2. The first-order chi connectivity index (χ1) is 10.6. The van der Waals surface area contributed by atoms with Crippen molar-refractivity contribution in [1.82, 2.24) is 10.3 Å². The molecule has 0 saturated heterocycles. The van der Waals surface area contributed by atoms with E-state index in [0.29, 0.717) is 18.7 Å². The lowest BCUT2D eigenvalue weighted by Gasteiger charge is -2.07. The summed E-state index contributed by atoms with van der Waals surface area (Å²) >= 11 is 0. The number of carboxylic acid groups (broad SMARTS) is 1. The van der Waals surface area contributed by atoms with Crippen LogP contribution in [0.5, 0.6) is 0 Å². The molecule has 0 aliphatic carbocycles. The second-order valence-corrected chi connectivity index (χ2v) is 5.38. The highest BCUT2D eigenvalue weighted by Gasteiger charge is 2.10. The summed E-state index contributed by atoms with van der Waals surface area (Å²) in [4.78, 5) is 27.0. The summed E-state index contributed by atoms with van der Waals surface area (Å²) < 4.78 is 0. The van der Waals surface area contributed by atoms with Crippen molar-refractivity contribution < 1.29 is 14.7 Å². The van der Waals surface area contributed by atoms with E-state index in [2.05, 4.69) is 10.3 Å². The van der Waals surface area contributed by atoms with Crippen LogP contribution < -0.4 is 5.32 Å². The van der Waals surface area contributed by atoms with Crippen LogP contribution in [0.2, 0.25) is 0 Å². The zero-order valence-electron chi connectivity index (χ0n) is 12.6. The average molecular weight is 300 g/mol. The normalized spacial score (nSPS) is 12.0. The monoisotopic (exact) mass is 300 g/mol. The fourth-order valence-corrected chi connectivity index (χ4v) is 2.18. The van der Waals surface area contributed by atoms with Crippen molar-refractivity contribution in [3.05, 3.63) is 42.1 Å². The number of benzene rings is 1. The van der Waals surface area contributed by atoms with E-state index in [-0.39, 0.29) is 11.8 Å². The Balaban J connectivity index is 1.80. The van der Waals surface area contributed by atoms with Crippen molar-refractivity contribution in [3.63, 3.8) is 0 Å². The number of rotatable bonds is 7. The Bertz CT molecular complexity index is 670. The van der Waals surface area contributed by atoms with E-state index in [0.717, 1.165) is 23.7 Å². The summed E-state index contributed by atoms with van der Waals surface area (Å²) in [5.74, 6) is -1.31. The third kappa shape index (κ3) is 4.28. The number of unbranched alkanes of at least 4 members (excludes halogenated alkanes) is 1. The molecule has 5 nitrogen and oxygen atoms in total. The zero-order valence-corrected chi connectivity index (χ0v) is 12.6. The van der Waals surface area contributed by atoms with Crippen LogP contribution >= 0.6 is 0 Å². The molecule has 0 aliphatic rings. The van der Waals surface area contributed by atoms with E-state index in [9.17, 15) is 9.59 Å². The quantitative estimate of drug-likeness (QED) is 0.771. The van der Waals surface area contributed by atoms with Crippen molar-refractivity contribution >= 4 is 22.8 Å². The van der Waals surface area contributed by atoms with Crippen LogP contribution in [-0.4, -0.2) is 28.5 Å². The maximum atomic E-state index is 12.0. The van der Waals surface area contributed by atoms with Gasteiger partial charge >= 0.3 is 5.97 Å². The van der Waals surface area contributed by atoms with Crippen LogP contribution in [0.3, 0.4) is 0 Å². The van der Waals surface area contributed by atoms with Gasteiger partial charge in [0.2, 0.25) is 0 Å². The van der Waals surface area contributed by atoms with Gasteiger partial charge in [-0.1, -0.05) is 37.6 Å². The Morgan fingerprint density at radius 2 is 1.95 bits per heavy atom. The number of amides is 1. The molecule has 2 N–H and O–H groups in total. The molecule has 0 radical (unpaired) electrons. The van der Waals surface area contributed by atoms with Crippen LogP contribution in [-0.2, 0) is 4.79 Å². The SMILES string of the molecule is C[C@@H](CCCCNC(=O)c1ccc2ccccc2n1)C(=O)O. The van der Waals surface area contributed by atoms with Gasteiger partial charge in [-0.3, -0.25) is 9.59 Å². The summed E-state index contributed by atoms with van der Waals surface area (Å²) in [6.07, 6.45) is 2.16. The molecule has 1 heterocycles. The van der Waals surface area contributed by atoms with Gasteiger partial charge < -0.3 is 10.4 Å². The number of nitrogens with one attached hydrogen (secondary N) is 1. The number of carbonyl (C=O) groups excluding carboxylic acids is 1. The number of para-hydroxylation sites is 1. The van der Waals surface area contributed by atoms with E-state index < -0.39 is 5.97 Å². The molecule has 22 heavy (non-hydrogen) atoms. The molecule has 0 fully saturated rings. The smallest absolute Gasteiger partial charge is 0.306 e. The molecule has 0 unspecified atom stereocenters. The Kier molecular flexibility index (Phi) is 5.47. The third-order valence-electron chi connectivity index (χ3n) is 3.60. The second kappa shape index (κ2) is 7.54. The van der Waals surface area contributed by atoms with Gasteiger partial charge in [0.15, 0.2) is 0 Å². The fourth-order valence-electron chi connectivity index (χ4n) is 2.18. The Labute approximate surface area is 129 Å². The summed E-state index contributed by atoms with van der Waals surface area (Å²) in [5, 5.41) is 12.6. The van der Waals surface area contributed by atoms with Crippen molar-refractivity contribution in [3.8, 4) is 0 Å². The number of aliphatic carboxylic acids is 1. The van der Waals surface area contributed by atoms with Gasteiger partial charge in [-0.05, 0) is 25.0 Å². The first-order valence-corrected chi connectivity index (χ1v) is 7.44. The van der Waals surface area contributed by atoms with Gasteiger partial charge in [-0.15, -0.1) is 0 Å². The molecule has 0 aliphatic heterocycles.